The maximum atomic E-state index is 10.7. The second kappa shape index (κ2) is 4.00. The van der Waals surface area contributed by atoms with Gasteiger partial charge in [-0.15, -0.1) is 0 Å². The Hall–Kier alpha value is -1.03. The molecule has 0 spiro atoms. The summed E-state index contributed by atoms with van der Waals surface area (Å²) >= 11 is 5.81. The maximum Gasteiger partial charge on any atom is 0.357 e. The van der Waals surface area contributed by atoms with Crippen LogP contribution in [0.25, 0.3) is 0 Å². The molecule has 0 amide bonds. The summed E-state index contributed by atoms with van der Waals surface area (Å²) in [5.74, 6) is 0.0526. The molecule has 4 nitrogen and oxygen atoms in total. The lowest BCUT2D eigenvalue weighted by molar-refractivity contribution is 0.0691. The highest BCUT2D eigenvalue weighted by Crippen LogP contribution is 2.18. The molecule has 5 heteroatoms. The molecule has 1 aromatic rings. The Morgan fingerprint density at radius 3 is 2.57 bits per heavy atom. The molecule has 0 atom stereocenters. The number of aromatic nitrogens is 2. The molecule has 0 aromatic carbocycles. The number of rotatable bonds is 3. The summed E-state index contributed by atoms with van der Waals surface area (Å²) in [4.78, 5) is 14.7. The van der Waals surface area contributed by atoms with E-state index in [0.29, 0.717) is 11.7 Å². The summed E-state index contributed by atoms with van der Waals surface area (Å²) in [6, 6.07) is 0. The third-order valence-corrected chi connectivity index (χ3v) is 2.34. The van der Waals surface area contributed by atoms with Gasteiger partial charge >= 0.3 is 5.97 Å². The van der Waals surface area contributed by atoms with Crippen LogP contribution >= 0.6 is 11.6 Å². The van der Waals surface area contributed by atoms with E-state index in [0.717, 1.165) is 6.42 Å². The number of carboxylic acid groups (broad SMARTS) is 1. The van der Waals surface area contributed by atoms with Crippen molar-refractivity contribution in [1.29, 1.82) is 0 Å². The zero-order chi connectivity index (χ0) is 10.9. The fraction of sp³-hybridized carbons (Fsp3) is 0.556. The van der Waals surface area contributed by atoms with Crippen molar-refractivity contribution in [3.05, 3.63) is 16.7 Å². The number of hydrogen-bond acceptors (Lipinski definition) is 2. The first kappa shape index (κ1) is 11.0. The van der Waals surface area contributed by atoms with E-state index < -0.39 is 5.97 Å². The Morgan fingerprint density at radius 2 is 2.21 bits per heavy atom. The number of imidazole rings is 1. The Labute approximate surface area is 87.5 Å². The van der Waals surface area contributed by atoms with Gasteiger partial charge in [-0.3, -0.25) is 0 Å². The monoisotopic (exact) mass is 216 g/mol. The molecule has 0 unspecified atom stereocenters. The summed E-state index contributed by atoms with van der Waals surface area (Å²) in [5, 5.41) is 8.97. The van der Waals surface area contributed by atoms with E-state index in [1.807, 2.05) is 13.8 Å². The van der Waals surface area contributed by atoms with Crippen LogP contribution in [0.5, 0.6) is 0 Å². The molecule has 0 aliphatic carbocycles. The zero-order valence-electron chi connectivity index (χ0n) is 8.41. The number of carbonyl (C=O) groups is 1. The van der Waals surface area contributed by atoms with E-state index in [1.54, 1.807) is 11.6 Å². The van der Waals surface area contributed by atoms with E-state index in [2.05, 4.69) is 4.98 Å². The van der Waals surface area contributed by atoms with Gasteiger partial charge in [0.1, 0.15) is 11.0 Å². The molecule has 0 saturated carbocycles. The standard InChI is InChI=1S/C9H13ClN2O2/c1-5(2)4-6-11-7(9(13)14)8(10)12(6)3/h5H,4H2,1-3H3,(H,13,14). The predicted molar refractivity (Wildman–Crippen MR) is 53.7 cm³/mol. The average molecular weight is 217 g/mol. The molecule has 1 N–H and O–H groups in total. The SMILES string of the molecule is CC(C)Cc1nc(C(=O)O)c(Cl)n1C. The number of halogens is 1. The molecule has 0 radical (unpaired) electrons. The maximum absolute atomic E-state index is 10.7. The molecule has 0 fully saturated rings. The fourth-order valence-corrected chi connectivity index (χ4v) is 1.43. The first-order valence-electron chi connectivity index (χ1n) is 4.37. The van der Waals surface area contributed by atoms with Crippen molar-refractivity contribution >= 4 is 17.6 Å². The number of hydrogen-bond donors (Lipinski definition) is 1. The first-order valence-corrected chi connectivity index (χ1v) is 4.75. The summed E-state index contributed by atoms with van der Waals surface area (Å²) in [7, 11) is 1.72. The summed E-state index contributed by atoms with van der Waals surface area (Å²) in [6.07, 6.45) is 0.726. The Kier molecular flexibility index (Phi) is 3.16. The van der Waals surface area contributed by atoms with Crippen LogP contribution in [0.2, 0.25) is 5.15 Å². The van der Waals surface area contributed by atoms with Crippen LogP contribution in [0.3, 0.4) is 0 Å². The van der Waals surface area contributed by atoms with Gasteiger partial charge in [0.15, 0.2) is 5.69 Å². The van der Waals surface area contributed by atoms with Gasteiger partial charge in [0.05, 0.1) is 0 Å². The molecule has 78 valence electrons. The van der Waals surface area contributed by atoms with Gasteiger partial charge < -0.3 is 9.67 Å². The molecule has 1 aromatic heterocycles. The van der Waals surface area contributed by atoms with Gasteiger partial charge in [-0.25, -0.2) is 9.78 Å². The molecule has 1 rings (SSSR count). The predicted octanol–water partition coefficient (Wildman–Crippen LogP) is 1.97. The molecule has 0 bridgehead atoms. The second-order valence-electron chi connectivity index (χ2n) is 3.63. The highest BCUT2D eigenvalue weighted by molar-refractivity contribution is 6.32. The van der Waals surface area contributed by atoms with Crippen molar-refractivity contribution in [2.24, 2.45) is 13.0 Å². The van der Waals surface area contributed by atoms with Crippen molar-refractivity contribution in [1.82, 2.24) is 9.55 Å². The van der Waals surface area contributed by atoms with Crippen LogP contribution in [0.1, 0.15) is 30.2 Å². The van der Waals surface area contributed by atoms with E-state index in [4.69, 9.17) is 16.7 Å². The largest absolute Gasteiger partial charge is 0.476 e. The topological polar surface area (TPSA) is 55.1 Å². The highest BCUT2D eigenvalue weighted by Gasteiger charge is 2.18. The van der Waals surface area contributed by atoms with E-state index in [9.17, 15) is 4.79 Å². The van der Waals surface area contributed by atoms with Crippen LogP contribution in [0, 0.1) is 5.92 Å². The highest BCUT2D eigenvalue weighted by atomic mass is 35.5. The first-order chi connectivity index (χ1) is 6.43. The van der Waals surface area contributed by atoms with E-state index in [-0.39, 0.29) is 10.8 Å². The second-order valence-corrected chi connectivity index (χ2v) is 3.99. The van der Waals surface area contributed by atoms with Crippen LogP contribution in [-0.2, 0) is 13.5 Å². The number of nitrogens with zero attached hydrogens (tertiary/aromatic N) is 2. The van der Waals surface area contributed by atoms with Gasteiger partial charge in [-0.1, -0.05) is 25.4 Å². The van der Waals surface area contributed by atoms with Crippen molar-refractivity contribution < 1.29 is 9.90 Å². The van der Waals surface area contributed by atoms with Gasteiger partial charge in [-0.2, -0.15) is 0 Å². The molecule has 14 heavy (non-hydrogen) atoms. The van der Waals surface area contributed by atoms with E-state index >= 15 is 0 Å². The Bertz CT molecular complexity index is 358. The lowest BCUT2D eigenvalue weighted by Crippen LogP contribution is -2.02. The van der Waals surface area contributed by atoms with Gasteiger partial charge in [0, 0.05) is 13.5 Å². The zero-order valence-corrected chi connectivity index (χ0v) is 9.17. The Balaban J connectivity index is 3.08. The van der Waals surface area contributed by atoms with Gasteiger partial charge in [0.25, 0.3) is 0 Å². The normalized spacial score (nSPS) is 10.9. The summed E-state index contributed by atoms with van der Waals surface area (Å²) < 4.78 is 1.62. The minimum Gasteiger partial charge on any atom is -0.476 e. The number of aromatic carboxylic acids is 1. The van der Waals surface area contributed by atoms with Crippen LogP contribution in [-0.4, -0.2) is 20.6 Å². The van der Waals surface area contributed by atoms with Crippen LogP contribution in [0.4, 0.5) is 0 Å². The quantitative estimate of drug-likeness (QED) is 0.841. The van der Waals surface area contributed by atoms with Crippen LogP contribution < -0.4 is 0 Å². The van der Waals surface area contributed by atoms with Crippen molar-refractivity contribution in [2.75, 3.05) is 0 Å². The third-order valence-electron chi connectivity index (χ3n) is 1.91. The summed E-state index contributed by atoms with van der Waals surface area (Å²) in [6.45, 7) is 4.09. The molecule has 0 saturated heterocycles. The van der Waals surface area contributed by atoms with Gasteiger partial charge in [0.2, 0.25) is 0 Å². The fourth-order valence-electron chi connectivity index (χ4n) is 1.21. The molecule has 0 aliphatic rings. The lowest BCUT2D eigenvalue weighted by atomic mass is 10.1. The minimum atomic E-state index is -1.08. The lowest BCUT2D eigenvalue weighted by Gasteiger charge is -2.04. The smallest absolute Gasteiger partial charge is 0.357 e. The van der Waals surface area contributed by atoms with Crippen molar-refractivity contribution in [3.63, 3.8) is 0 Å². The number of carboxylic acids is 1. The minimum absolute atomic E-state index is 0.0650. The van der Waals surface area contributed by atoms with E-state index in [1.165, 1.54) is 0 Å². The van der Waals surface area contributed by atoms with Crippen LogP contribution in [0.15, 0.2) is 0 Å². The van der Waals surface area contributed by atoms with Gasteiger partial charge in [-0.05, 0) is 5.92 Å². The van der Waals surface area contributed by atoms with Crippen molar-refractivity contribution in [2.45, 2.75) is 20.3 Å². The van der Waals surface area contributed by atoms with Crippen molar-refractivity contribution in [3.8, 4) is 0 Å². The average Bonchev–Trinajstić information content (AvgIpc) is 2.32. The summed E-state index contributed by atoms with van der Waals surface area (Å²) in [5.41, 5.74) is -0.0650. The molecular weight excluding hydrogens is 204 g/mol. The third kappa shape index (κ3) is 2.07. The Morgan fingerprint density at radius 1 is 1.64 bits per heavy atom. The molecule has 0 aliphatic heterocycles. The molecule has 1 heterocycles. The molecular formula is C9H13ClN2O2.